The first-order valence-corrected chi connectivity index (χ1v) is 9.12. The smallest absolute Gasteiger partial charge is 0.225 e. The summed E-state index contributed by atoms with van der Waals surface area (Å²) in [5.74, 6) is 1.06. The molecule has 0 saturated carbocycles. The summed E-state index contributed by atoms with van der Waals surface area (Å²) in [6.07, 6.45) is 4.12. The van der Waals surface area contributed by atoms with Crippen LogP contribution in [0.25, 0.3) is 0 Å². The molecule has 1 aromatic rings. The molecule has 1 heterocycles. The Hall–Kier alpha value is -1.05. The maximum Gasteiger partial charge on any atom is 0.225 e. The van der Waals surface area contributed by atoms with Crippen LogP contribution in [0.2, 0.25) is 0 Å². The highest BCUT2D eigenvalue weighted by molar-refractivity contribution is 7.16. The number of nitrogens with zero attached hydrogens (tertiary/aromatic N) is 1. The third kappa shape index (κ3) is 3.83. The molecule has 1 aliphatic rings. The number of thiophene rings is 1. The molecule has 3 nitrogen and oxygen atoms in total. The van der Waals surface area contributed by atoms with E-state index in [9.17, 15) is 10.1 Å². The Morgan fingerprint density at radius 2 is 2.23 bits per heavy atom. The van der Waals surface area contributed by atoms with Gasteiger partial charge in [0.15, 0.2) is 0 Å². The molecule has 1 amide bonds. The fraction of sp³-hybridized carbons (Fsp3) is 0.647. The van der Waals surface area contributed by atoms with Crippen molar-refractivity contribution < 1.29 is 4.79 Å². The van der Waals surface area contributed by atoms with Crippen LogP contribution >= 0.6 is 22.9 Å². The topological polar surface area (TPSA) is 52.9 Å². The molecule has 0 radical (unpaired) electrons. The van der Waals surface area contributed by atoms with E-state index in [0.29, 0.717) is 30.2 Å². The van der Waals surface area contributed by atoms with Gasteiger partial charge in [-0.05, 0) is 42.6 Å². The van der Waals surface area contributed by atoms with Crippen molar-refractivity contribution in [3.63, 3.8) is 0 Å². The molecule has 0 bridgehead atoms. The Morgan fingerprint density at radius 3 is 2.82 bits per heavy atom. The molecule has 1 atom stereocenters. The molecule has 0 aromatic carbocycles. The summed E-state index contributed by atoms with van der Waals surface area (Å²) in [5.41, 5.74) is 2.10. The Bertz CT molecular complexity index is 595. The summed E-state index contributed by atoms with van der Waals surface area (Å²) in [7, 11) is 0. The number of carbonyl (C=O) groups is 1. The van der Waals surface area contributed by atoms with E-state index < -0.39 is 0 Å². The van der Waals surface area contributed by atoms with Crippen LogP contribution in [0.3, 0.4) is 0 Å². The Kier molecular flexibility index (Phi) is 5.52. The zero-order valence-electron chi connectivity index (χ0n) is 13.5. The van der Waals surface area contributed by atoms with Gasteiger partial charge in [0.05, 0.1) is 5.56 Å². The van der Waals surface area contributed by atoms with Gasteiger partial charge in [-0.3, -0.25) is 4.79 Å². The molecule has 120 valence electrons. The molecule has 5 heteroatoms. The minimum Gasteiger partial charge on any atom is -0.317 e. The summed E-state index contributed by atoms with van der Waals surface area (Å²) < 4.78 is 0. The van der Waals surface area contributed by atoms with Crippen molar-refractivity contribution >= 4 is 33.8 Å². The molecule has 1 aliphatic carbocycles. The van der Waals surface area contributed by atoms with Gasteiger partial charge in [0.25, 0.3) is 0 Å². The van der Waals surface area contributed by atoms with E-state index in [1.165, 1.54) is 4.88 Å². The maximum atomic E-state index is 11.9. The summed E-state index contributed by atoms with van der Waals surface area (Å²) in [6, 6.07) is 2.29. The van der Waals surface area contributed by atoms with E-state index in [0.717, 1.165) is 29.8 Å². The lowest BCUT2D eigenvalue weighted by Crippen LogP contribution is -2.26. The minimum absolute atomic E-state index is 0.0527. The normalized spacial score (nSPS) is 17.7. The lowest BCUT2D eigenvalue weighted by molar-refractivity contribution is -0.116. The van der Waals surface area contributed by atoms with Gasteiger partial charge in [-0.2, -0.15) is 5.26 Å². The molecule has 0 aliphatic heterocycles. The standard InChI is InChI=1S/C17H23ClN2OS/c1-17(2,3)11-6-7-12-13(10-19)16(22-14(12)9-11)20-15(21)5-4-8-18/h11H,4-9H2,1-3H3,(H,20,21). The number of hydrogen-bond acceptors (Lipinski definition) is 3. The van der Waals surface area contributed by atoms with Crippen LogP contribution in [0.5, 0.6) is 0 Å². The number of anilines is 1. The van der Waals surface area contributed by atoms with Crippen LogP contribution in [0, 0.1) is 22.7 Å². The summed E-state index contributed by atoms with van der Waals surface area (Å²) in [4.78, 5) is 13.2. The fourth-order valence-corrected chi connectivity index (χ4v) is 4.38. The third-order valence-electron chi connectivity index (χ3n) is 4.39. The molecule has 22 heavy (non-hydrogen) atoms. The van der Waals surface area contributed by atoms with Gasteiger partial charge in [0.1, 0.15) is 11.1 Å². The third-order valence-corrected chi connectivity index (χ3v) is 5.83. The molecular weight excluding hydrogens is 316 g/mol. The highest BCUT2D eigenvalue weighted by Gasteiger charge is 2.32. The molecular formula is C17H23ClN2OS. The highest BCUT2D eigenvalue weighted by atomic mass is 35.5. The van der Waals surface area contributed by atoms with Crippen molar-refractivity contribution in [3.05, 3.63) is 16.0 Å². The van der Waals surface area contributed by atoms with Gasteiger partial charge in [0, 0.05) is 17.2 Å². The van der Waals surface area contributed by atoms with Crippen molar-refractivity contribution in [2.24, 2.45) is 11.3 Å². The Morgan fingerprint density at radius 1 is 1.50 bits per heavy atom. The van der Waals surface area contributed by atoms with Crippen LogP contribution in [0.1, 0.15) is 56.0 Å². The molecule has 1 unspecified atom stereocenters. The van der Waals surface area contributed by atoms with Crippen molar-refractivity contribution in [2.75, 3.05) is 11.2 Å². The van der Waals surface area contributed by atoms with Gasteiger partial charge in [-0.25, -0.2) is 0 Å². The van der Waals surface area contributed by atoms with Crippen LogP contribution < -0.4 is 5.32 Å². The van der Waals surface area contributed by atoms with E-state index in [2.05, 4.69) is 32.2 Å². The molecule has 1 aromatic heterocycles. The largest absolute Gasteiger partial charge is 0.317 e. The van der Waals surface area contributed by atoms with Crippen LogP contribution in [0.4, 0.5) is 5.00 Å². The average Bonchev–Trinajstić information content (AvgIpc) is 2.80. The predicted octanol–water partition coefficient (Wildman–Crippen LogP) is 4.73. The molecule has 0 saturated heterocycles. The number of hydrogen-bond donors (Lipinski definition) is 1. The lowest BCUT2D eigenvalue weighted by atomic mass is 9.72. The second-order valence-corrected chi connectivity index (χ2v) is 8.45. The second-order valence-electron chi connectivity index (χ2n) is 6.97. The van der Waals surface area contributed by atoms with E-state index >= 15 is 0 Å². The number of alkyl halides is 1. The maximum absolute atomic E-state index is 11.9. The number of fused-ring (bicyclic) bond motifs is 1. The van der Waals surface area contributed by atoms with Crippen LogP contribution in [-0.4, -0.2) is 11.8 Å². The lowest BCUT2D eigenvalue weighted by Gasteiger charge is -2.33. The predicted molar refractivity (Wildman–Crippen MR) is 92.6 cm³/mol. The molecule has 0 fully saturated rings. The SMILES string of the molecule is CC(C)(C)C1CCc2c(sc(NC(=O)CCCCl)c2C#N)C1. The highest BCUT2D eigenvalue weighted by Crippen LogP contribution is 2.43. The molecule has 2 rings (SSSR count). The Labute approximate surface area is 141 Å². The van der Waals surface area contributed by atoms with E-state index in [-0.39, 0.29) is 11.3 Å². The first-order valence-electron chi connectivity index (χ1n) is 7.77. The zero-order valence-corrected chi connectivity index (χ0v) is 15.0. The minimum atomic E-state index is -0.0527. The van der Waals surface area contributed by atoms with Gasteiger partial charge >= 0.3 is 0 Å². The first-order chi connectivity index (χ1) is 10.4. The number of nitrogens with one attached hydrogen (secondary N) is 1. The number of carbonyl (C=O) groups excluding carboxylic acids is 1. The van der Waals surface area contributed by atoms with E-state index in [1.807, 2.05) is 0 Å². The van der Waals surface area contributed by atoms with Crippen molar-refractivity contribution in [1.29, 1.82) is 5.26 Å². The quantitative estimate of drug-likeness (QED) is 0.807. The molecule has 0 spiro atoms. The molecule has 1 N–H and O–H groups in total. The van der Waals surface area contributed by atoms with E-state index in [1.54, 1.807) is 11.3 Å². The summed E-state index contributed by atoms with van der Waals surface area (Å²) in [6.45, 7) is 6.82. The van der Waals surface area contributed by atoms with Crippen molar-refractivity contribution in [3.8, 4) is 6.07 Å². The number of nitriles is 1. The second kappa shape index (κ2) is 7.02. The zero-order chi connectivity index (χ0) is 16.3. The van der Waals surface area contributed by atoms with Crippen LogP contribution in [-0.2, 0) is 17.6 Å². The van der Waals surface area contributed by atoms with Gasteiger partial charge in [-0.1, -0.05) is 20.8 Å². The number of rotatable bonds is 4. The first kappa shape index (κ1) is 17.3. The van der Waals surface area contributed by atoms with Gasteiger partial charge < -0.3 is 5.32 Å². The fourth-order valence-electron chi connectivity index (χ4n) is 2.95. The number of amides is 1. The number of halogens is 1. The van der Waals surface area contributed by atoms with Crippen molar-refractivity contribution in [2.45, 2.75) is 52.9 Å². The van der Waals surface area contributed by atoms with Crippen molar-refractivity contribution in [1.82, 2.24) is 0 Å². The Balaban J connectivity index is 2.20. The summed E-state index contributed by atoms with van der Waals surface area (Å²) >= 11 is 7.20. The monoisotopic (exact) mass is 338 g/mol. The van der Waals surface area contributed by atoms with Gasteiger partial charge in [0.2, 0.25) is 5.91 Å². The van der Waals surface area contributed by atoms with Crippen LogP contribution in [0.15, 0.2) is 0 Å². The average molecular weight is 339 g/mol. The van der Waals surface area contributed by atoms with E-state index in [4.69, 9.17) is 11.6 Å². The van der Waals surface area contributed by atoms with Gasteiger partial charge in [-0.15, -0.1) is 22.9 Å². The summed E-state index contributed by atoms with van der Waals surface area (Å²) in [5, 5.41) is 13.1.